The number of anilines is 2. The van der Waals surface area contributed by atoms with Gasteiger partial charge in [0.05, 0.1) is 17.9 Å². The molecule has 21 heavy (non-hydrogen) atoms. The second-order valence-electron chi connectivity index (χ2n) is 7.10. The summed E-state index contributed by atoms with van der Waals surface area (Å²) in [6.07, 6.45) is 0. The van der Waals surface area contributed by atoms with E-state index in [9.17, 15) is 0 Å². The molecular formula is C17H27N3O. The molecule has 1 N–H and O–H groups in total. The number of benzene rings is 1. The smallest absolute Gasteiger partial charge is 0.165 e. The van der Waals surface area contributed by atoms with E-state index in [1.54, 1.807) is 0 Å². The molecule has 0 atom stereocenters. The third-order valence-corrected chi connectivity index (χ3v) is 4.46. The van der Waals surface area contributed by atoms with Gasteiger partial charge in [0, 0.05) is 33.2 Å². The van der Waals surface area contributed by atoms with Crippen LogP contribution in [-0.2, 0) is 5.41 Å². The van der Waals surface area contributed by atoms with Crippen LogP contribution in [0.1, 0.15) is 26.3 Å². The van der Waals surface area contributed by atoms with Crippen LogP contribution in [0.2, 0.25) is 0 Å². The Morgan fingerprint density at radius 1 is 1.05 bits per heavy atom. The van der Waals surface area contributed by atoms with Gasteiger partial charge in [0.2, 0.25) is 0 Å². The van der Waals surface area contributed by atoms with Crippen molar-refractivity contribution >= 4 is 11.4 Å². The molecule has 4 nitrogen and oxygen atoms in total. The van der Waals surface area contributed by atoms with E-state index in [1.807, 2.05) is 0 Å². The molecule has 116 valence electrons. The molecular weight excluding hydrogens is 262 g/mol. The first-order valence-electron chi connectivity index (χ1n) is 7.95. The standard InChI is InChI=1S/C17H27N3O/c1-17(2,3)13-11-14-16(21-10-9-19(14)4)15(12-13)20-7-5-18-6-8-20/h11-12,18H,5-10H2,1-4H3. The van der Waals surface area contributed by atoms with Gasteiger partial charge in [-0.3, -0.25) is 0 Å². The Kier molecular flexibility index (Phi) is 3.74. The Balaban J connectivity index is 2.09. The number of rotatable bonds is 1. The van der Waals surface area contributed by atoms with Crippen molar-refractivity contribution in [1.82, 2.24) is 5.32 Å². The topological polar surface area (TPSA) is 27.7 Å². The summed E-state index contributed by atoms with van der Waals surface area (Å²) in [6.45, 7) is 12.8. The van der Waals surface area contributed by atoms with Crippen molar-refractivity contribution in [1.29, 1.82) is 0 Å². The van der Waals surface area contributed by atoms with Gasteiger partial charge in [-0.05, 0) is 23.1 Å². The lowest BCUT2D eigenvalue weighted by Gasteiger charge is -2.37. The molecule has 0 radical (unpaired) electrons. The van der Waals surface area contributed by atoms with Crippen LogP contribution in [0.3, 0.4) is 0 Å². The number of hydrogen-bond donors (Lipinski definition) is 1. The first-order chi connectivity index (χ1) is 9.97. The van der Waals surface area contributed by atoms with Gasteiger partial charge in [0.1, 0.15) is 6.61 Å². The van der Waals surface area contributed by atoms with Gasteiger partial charge in [-0.15, -0.1) is 0 Å². The molecule has 1 aromatic carbocycles. The zero-order valence-corrected chi connectivity index (χ0v) is 13.7. The molecule has 3 rings (SSSR count). The van der Waals surface area contributed by atoms with Crippen LogP contribution >= 0.6 is 0 Å². The number of nitrogens with one attached hydrogen (secondary N) is 1. The van der Waals surface area contributed by atoms with Crippen LogP contribution in [0.4, 0.5) is 11.4 Å². The molecule has 1 fully saturated rings. The highest BCUT2D eigenvalue weighted by atomic mass is 16.5. The van der Waals surface area contributed by atoms with Crippen LogP contribution in [0.15, 0.2) is 12.1 Å². The third kappa shape index (κ3) is 2.82. The summed E-state index contributed by atoms with van der Waals surface area (Å²) in [5, 5.41) is 3.43. The summed E-state index contributed by atoms with van der Waals surface area (Å²) in [6, 6.07) is 4.64. The van der Waals surface area contributed by atoms with E-state index in [1.165, 1.54) is 16.9 Å². The summed E-state index contributed by atoms with van der Waals surface area (Å²) < 4.78 is 6.04. The molecule has 2 aliphatic heterocycles. The summed E-state index contributed by atoms with van der Waals surface area (Å²) in [5.41, 5.74) is 4.04. The predicted molar refractivity (Wildman–Crippen MR) is 89.0 cm³/mol. The second-order valence-corrected chi connectivity index (χ2v) is 7.10. The number of hydrogen-bond acceptors (Lipinski definition) is 4. The van der Waals surface area contributed by atoms with Crippen LogP contribution in [-0.4, -0.2) is 46.4 Å². The molecule has 0 saturated carbocycles. The summed E-state index contributed by atoms with van der Waals surface area (Å²) in [5.74, 6) is 1.07. The first-order valence-corrected chi connectivity index (χ1v) is 7.95. The van der Waals surface area contributed by atoms with E-state index in [-0.39, 0.29) is 5.41 Å². The van der Waals surface area contributed by atoms with Crippen LogP contribution < -0.4 is 19.9 Å². The largest absolute Gasteiger partial charge is 0.487 e. The van der Waals surface area contributed by atoms with Crippen molar-refractivity contribution in [3.63, 3.8) is 0 Å². The fourth-order valence-electron chi connectivity index (χ4n) is 3.01. The molecule has 0 aliphatic carbocycles. The van der Waals surface area contributed by atoms with E-state index in [2.05, 4.69) is 55.1 Å². The van der Waals surface area contributed by atoms with E-state index >= 15 is 0 Å². The van der Waals surface area contributed by atoms with Crippen molar-refractivity contribution in [3.05, 3.63) is 17.7 Å². The Labute approximate surface area is 128 Å². The van der Waals surface area contributed by atoms with Crippen molar-refractivity contribution in [2.24, 2.45) is 0 Å². The number of likely N-dealkylation sites (N-methyl/N-ethyl adjacent to an activating group) is 1. The summed E-state index contributed by atoms with van der Waals surface area (Å²) >= 11 is 0. The van der Waals surface area contributed by atoms with Gasteiger partial charge in [-0.25, -0.2) is 0 Å². The molecule has 0 aromatic heterocycles. The molecule has 0 bridgehead atoms. The summed E-state index contributed by atoms with van der Waals surface area (Å²) in [4.78, 5) is 4.78. The maximum Gasteiger partial charge on any atom is 0.165 e. The lowest BCUT2D eigenvalue weighted by atomic mass is 9.86. The average molecular weight is 289 g/mol. The quantitative estimate of drug-likeness (QED) is 0.858. The van der Waals surface area contributed by atoms with E-state index < -0.39 is 0 Å². The lowest BCUT2D eigenvalue weighted by Crippen LogP contribution is -2.44. The second kappa shape index (κ2) is 5.41. The lowest BCUT2D eigenvalue weighted by molar-refractivity contribution is 0.311. The predicted octanol–water partition coefficient (Wildman–Crippen LogP) is 2.22. The zero-order valence-electron chi connectivity index (χ0n) is 13.7. The third-order valence-electron chi connectivity index (χ3n) is 4.46. The zero-order chi connectivity index (χ0) is 15.0. The highest BCUT2D eigenvalue weighted by Crippen LogP contribution is 2.43. The SMILES string of the molecule is CN1CCOc2c1cc(C(C)(C)C)cc2N1CCNCC1. The fourth-order valence-corrected chi connectivity index (χ4v) is 3.01. The Hall–Kier alpha value is -1.42. The van der Waals surface area contributed by atoms with Gasteiger partial charge in [-0.1, -0.05) is 20.8 Å². The number of piperazine rings is 1. The highest BCUT2D eigenvalue weighted by molar-refractivity contribution is 5.76. The van der Waals surface area contributed by atoms with Gasteiger partial charge in [0.15, 0.2) is 5.75 Å². The maximum atomic E-state index is 6.04. The first kappa shape index (κ1) is 14.5. The Bertz CT molecular complexity index is 516. The van der Waals surface area contributed by atoms with Crippen molar-refractivity contribution < 1.29 is 4.74 Å². The van der Waals surface area contributed by atoms with E-state index in [0.717, 1.165) is 45.1 Å². The number of nitrogens with zero attached hydrogens (tertiary/aromatic N) is 2. The van der Waals surface area contributed by atoms with Gasteiger partial charge >= 0.3 is 0 Å². The molecule has 1 aromatic rings. The van der Waals surface area contributed by atoms with Crippen molar-refractivity contribution in [3.8, 4) is 5.75 Å². The van der Waals surface area contributed by atoms with E-state index in [0.29, 0.717) is 0 Å². The molecule has 2 aliphatic rings. The molecule has 0 amide bonds. The number of ether oxygens (including phenoxy) is 1. The minimum Gasteiger partial charge on any atom is -0.487 e. The monoisotopic (exact) mass is 289 g/mol. The summed E-state index contributed by atoms with van der Waals surface area (Å²) in [7, 11) is 2.16. The molecule has 0 unspecified atom stereocenters. The average Bonchev–Trinajstić information content (AvgIpc) is 2.47. The highest BCUT2D eigenvalue weighted by Gasteiger charge is 2.26. The minimum absolute atomic E-state index is 0.149. The molecule has 1 saturated heterocycles. The van der Waals surface area contributed by atoms with Crippen molar-refractivity contribution in [2.45, 2.75) is 26.2 Å². The number of fused-ring (bicyclic) bond motifs is 1. The minimum atomic E-state index is 0.149. The van der Waals surface area contributed by atoms with E-state index in [4.69, 9.17) is 4.74 Å². The van der Waals surface area contributed by atoms with Gasteiger partial charge < -0.3 is 19.9 Å². The molecule has 2 heterocycles. The molecule has 4 heteroatoms. The van der Waals surface area contributed by atoms with Crippen LogP contribution in [0.25, 0.3) is 0 Å². The Morgan fingerprint density at radius 2 is 1.71 bits per heavy atom. The fraction of sp³-hybridized carbons (Fsp3) is 0.647. The maximum absolute atomic E-state index is 6.04. The van der Waals surface area contributed by atoms with Gasteiger partial charge in [-0.2, -0.15) is 0 Å². The van der Waals surface area contributed by atoms with Crippen molar-refractivity contribution in [2.75, 3.05) is 56.2 Å². The normalized spacial score (nSPS) is 19.2. The Morgan fingerprint density at radius 3 is 2.38 bits per heavy atom. The van der Waals surface area contributed by atoms with Crippen LogP contribution in [0.5, 0.6) is 5.75 Å². The van der Waals surface area contributed by atoms with Crippen LogP contribution in [0, 0.1) is 0 Å². The molecule has 0 spiro atoms. The van der Waals surface area contributed by atoms with Gasteiger partial charge in [0.25, 0.3) is 0 Å².